The predicted molar refractivity (Wildman–Crippen MR) is 86.4 cm³/mol. The maximum atomic E-state index is 11.7. The van der Waals surface area contributed by atoms with Crippen LogP contribution in [-0.2, 0) is 36.1 Å². The third kappa shape index (κ3) is 11.1. The van der Waals surface area contributed by atoms with Gasteiger partial charge in [0.1, 0.15) is 6.04 Å². The van der Waals surface area contributed by atoms with E-state index in [9.17, 15) is 26.4 Å². The lowest BCUT2D eigenvalue weighted by Gasteiger charge is -2.13. The molecule has 130 valence electrons. The van der Waals surface area contributed by atoms with E-state index in [-0.39, 0.29) is 18.8 Å². The zero-order valence-electron chi connectivity index (χ0n) is 12.1. The molecular weight excluding hydrogens is 453 g/mol. The lowest BCUT2D eigenvalue weighted by Crippen LogP contribution is -2.41. The van der Waals surface area contributed by atoms with Crippen LogP contribution in [0.2, 0.25) is 0 Å². The van der Waals surface area contributed by atoms with Crippen molar-refractivity contribution in [3.05, 3.63) is 0 Å². The molecule has 0 saturated carbocycles. The quantitative estimate of drug-likeness (QED) is 0.258. The van der Waals surface area contributed by atoms with Gasteiger partial charge in [0.2, 0.25) is 17.0 Å². The van der Waals surface area contributed by atoms with Crippen LogP contribution in [0.5, 0.6) is 0 Å². The molecule has 0 aliphatic heterocycles. The molecule has 0 aliphatic rings. The molecule has 0 spiro atoms. The summed E-state index contributed by atoms with van der Waals surface area (Å²) in [5.41, 5.74) is 0. The molecular formula is C10H18INO8S2. The molecule has 0 radical (unpaired) electrons. The van der Waals surface area contributed by atoms with Crippen molar-refractivity contribution >= 4 is 50.2 Å². The molecule has 0 saturated heterocycles. The third-order valence-electron chi connectivity index (χ3n) is 2.15. The van der Waals surface area contributed by atoms with Crippen LogP contribution in [0.4, 0.5) is 0 Å². The first kappa shape index (κ1) is 21.5. The van der Waals surface area contributed by atoms with Crippen LogP contribution in [0.15, 0.2) is 0 Å². The molecule has 0 heterocycles. The number of hydrogen-bond donors (Lipinski definition) is 1. The van der Waals surface area contributed by atoms with Crippen LogP contribution >= 0.6 is 21.2 Å². The summed E-state index contributed by atoms with van der Waals surface area (Å²) in [5, 5.41) is 0. The van der Waals surface area contributed by atoms with Gasteiger partial charge in [-0.2, -0.15) is 0 Å². The van der Waals surface area contributed by atoms with Crippen molar-refractivity contribution in [1.29, 1.82) is 0 Å². The Kier molecular flexibility index (Phi) is 9.41. The fourth-order valence-corrected chi connectivity index (χ4v) is 4.14. The number of halogens is 1. The molecule has 0 aromatic carbocycles. The molecule has 0 rings (SSSR count). The SMILES string of the molecule is CCOC(=O)COC(=O)C(C)NS(=O)(=O)CCCS(=O)(=O)I. The van der Waals surface area contributed by atoms with Gasteiger partial charge in [0.25, 0.3) is 0 Å². The lowest BCUT2D eigenvalue weighted by atomic mass is 10.4. The minimum absolute atomic E-state index is 0.0921. The van der Waals surface area contributed by atoms with Crippen LogP contribution in [0, 0.1) is 0 Å². The van der Waals surface area contributed by atoms with Gasteiger partial charge in [-0.3, -0.25) is 4.79 Å². The van der Waals surface area contributed by atoms with Crippen molar-refractivity contribution in [3.8, 4) is 0 Å². The number of carbonyl (C=O) groups excluding carboxylic acids is 2. The minimum atomic E-state index is -3.83. The van der Waals surface area contributed by atoms with Crippen LogP contribution < -0.4 is 4.72 Å². The average Bonchev–Trinajstić information content (AvgIpc) is 2.33. The number of esters is 2. The van der Waals surface area contributed by atoms with Crippen LogP contribution in [0.1, 0.15) is 20.3 Å². The van der Waals surface area contributed by atoms with E-state index in [1.807, 2.05) is 4.72 Å². The van der Waals surface area contributed by atoms with Gasteiger partial charge in [-0.15, -0.1) is 0 Å². The predicted octanol–water partition coefficient (Wildman–Crippen LogP) is -0.444. The Labute approximate surface area is 141 Å². The summed E-state index contributed by atoms with van der Waals surface area (Å²) < 4.78 is 56.3. The highest BCUT2D eigenvalue weighted by Crippen LogP contribution is 2.04. The van der Waals surface area contributed by atoms with Gasteiger partial charge in [0.15, 0.2) is 6.61 Å². The molecule has 9 nitrogen and oxygen atoms in total. The fraction of sp³-hybridized carbons (Fsp3) is 0.800. The summed E-state index contributed by atoms with van der Waals surface area (Å²) >= 11 is 1.23. The highest BCUT2D eigenvalue weighted by atomic mass is 127. The van der Waals surface area contributed by atoms with E-state index in [2.05, 4.69) is 9.47 Å². The Hall–Kier alpha value is -0.470. The van der Waals surface area contributed by atoms with Crippen LogP contribution in [-0.4, -0.2) is 59.5 Å². The summed E-state index contributed by atoms with van der Waals surface area (Å²) in [7, 11) is -7.11. The van der Waals surface area contributed by atoms with E-state index in [0.717, 1.165) is 0 Å². The zero-order valence-corrected chi connectivity index (χ0v) is 15.9. The smallest absolute Gasteiger partial charge is 0.344 e. The summed E-state index contributed by atoms with van der Waals surface area (Å²) in [4.78, 5) is 22.5. The Bertz CT molecular complexity index is 586. The van der Waals surface area contributed by atoms with Gasteiger partial charge in [0.05, 0.1) is 39.3 Å². The molecule has 0 aromatic rings. The zero-order chi connectivity index (χ0) is 17.4. The summed E-state index contributed by atoms with van der Waals surface area (Å²) in [5.74, 6) is -2.39. The minimum Gasteiger partial charge on any atom is -0.463 e. The second-order valence-corrected chi connectivity index (χ2v) is 11.6. The second kappa shape index (κ2) is 9.62. The highest BCUT2D eigenvalue weighted by molar-refractivity contribution is 14.2. The Morgan fingerprint density at radius 2 is 1.73 bits per heavy atom. The summed E-state index contributed by atoms with van der Waals surface area (Å²) in [6.07, 6.45) is -0.0921. The molecule has 1 N–H and O–H groups in total. The number of rotatable bonds is 10. The van der Waals surface area contributed by atoms with E-state index in [0.29, 0.717) is 0 Å². The number of hydrogen-bond acceptors (Lipinski definition) is 8. The van der Waals surface area contributed by atoms with Gasteiger partial charge < -0.3 is 9.47 Å². The fourth-order valence-electron chi connectivity index (χ4n) is 1.26. The van der Waals surface area contributed by atoms with Gasteiger partial charge in [0, 0.05) is 0 Å². The molecule has 22 heavy (non-hydrogen) atoms. The summed E-state index contributed by atoms with van der Waals surface area (Å²) in [6.45, 7) is 2.37. The Morgan fingerprint density at radius 3 is 2.23 bits per heavy atom. The van der Waals surface area contributed by atoms with E-state index in [1.165, 1.54) is 28.1 Å². The second-order valence-electron chi connectivity index (χ2n) is 4.17. The van der Waals surface area contributed by atoms with Gasteiger partial charge in [-0.1, -0.05) is 0 Å². The maximum absolute atomic E-state index is 11.7. The first-order valence-electron chi connectivity index (χ1n) is 6.21. The molecule has 0 amide bonds. The van der Waals surface area contributed by atoms with Gasteiger partial charge in [-0.05, 0) is 20.3 Å². The Balaban J connectivity index is 4.29. The Morgan fingerprint density at radius 1 is 1.14 bits per heavy atom. The van der Waals surface area contributed by atoms with Crippen molar-refractivity contribution in [2.75, 3.05) is 24.7 Å². The number of ether oxygens (including phenoxy) is 2. The third-order valence-corrected chi connectivity index (χ3v) is 5.79. The lowest BCUT2D eigenvalue weighted by molar-refractivity contribution is -0.159. The van der Waals surface area contributed by atoms with Crippen molar-refractivity contribution in [1.82, 2.24) is 4.72 Å². The molecule has 0 aromatic heterocycles. The monoisotopic (exact) mass is 471 g/mol. The van der Waals surface area contributed by atoms with Gasteiger partial charge in [-0.25, -0.2) is 26.4 Å². The van der Waals surface area contributed by atoms with Crippen LogP contribution in [0.3, 0.4) is 0 Å². The van der Waals surface area contributed by atoms with Crippen molar-refractivity contribution in [2.24, 2.45) is 0 Å². The van der Waals surface area contributed by atoms with Crippen molar-refractivity contribution < 1.29 is 35.9 Å². The number of carbonyl (C=O) groups is 2. The van der Waals surface area contributed by atoms with Crippen molar-refractivity contribution in [2.45, 2.75) is 26.3 Å². The summed E-state index contributed by atoms with van der Waals surface area (Å²) in [6, 6.07) is -1.20. The molecule has 1 atom stereocenters. The molecule has 1 unspecified atom stereocenters. The number of nitrogens with one attached hydrogen (secondary N) is 1. The largest absolute Gasteiger partial charge is 0.463 e. The van der Waals surface area contributed by atoms with Crippen molar-refractivity contribution in [3.63, 3.8) is 0 Å². The molecule has 0 aliphatic carbocycles. The average molecular weight is 471 g/mol. The first-order chi connectivity index (χ1) is 9.97. The first-order valence-corrected chi connectivity index (χ1v) is 12.1. The van der Waals surface area contributed by atoms with E-state index in [4.69, 9.17) is 0 Å². The molecule has 0 bridgehead atoms. The number of sulfonamides is 1. The highest BCUT2D eigenvalue weighted by Gasteiger charge is 2.22. The maximum Gasteiger partial charge on any atom is 0.344 e. The topological polar surface area (TPSA) is 133 Å². The normalized spacial score (nSPS) is 13.4. The van der Waals surface area contributed by atoms with E-state index >= 15 is 0 Å². The van der Waals surface area contributed by atoms with E-state index in [1.54, 1.807) is 6.92 Å². The standard InChI is InChI=1S/C10H18INO8S2/c1-3-19-9(13)7-20-10(14)8(2)12-22(17,18)6-4-5-21(11,15)16/h8,12H,3-7H2,1-2H3. The molecule has 12 heteroatoms. The molecule has 0 fully saturated rings. The van der Waals surface area contributed by atoms with Gasteiger partial charge >= 0.3 is 11.9 Å². The van der Waals surface area contributed by atoms with Crippen LogP contribution in [0.25, 0.3) is 0 Å². The van der Waals surface area contributed by atoms with E-state index < -0.39 is 47.4 Å².